The molecule has 0 aliphatic heterocycles. The van der Waals surface area contributed by atoms with Gasteiger partial charge in [0, 0.05) is 24.5 Å². The van der Waals surface area contributed by atoms with Crippen LogP contribution in [0, 0.1) is 10.1 Å². The largest absolute Gasteiger partial charge is 0.360 e. The minimum absolute atomic E-state index is 0.153. The molecule has 0 saturated carbocycles. The SMILES string of the molecule is CSc1ccccc1CNc1ncc([N+](=O)[O-])c(NCc2ccc(CN(C)C)cc2)n1. The zero-order valence-electron chi connectivity index (χ0n) is 17.8. The van der Waals surface area contributed by atoms with E-state index in [-0.39, 0.29) is 11.5 Å². The number of anilines is 2. The van der Waals surface area contributed by atoms with Gasteiger partial charge in [-0.25, -0.2) is 4.98 Å². The van der Waals surface area contributed by atoms with E-state index in [4.69, 9.17) is 0 Å². The van der Waals surface area contributed by atoms with E-state index >= 15 is 0 Å². The molecule has 0 unspecified atom stereocenters. The number of nitrogens with one attached hydrogen (secondary N) is 2. The molecule has 0 aliphatic rings. The molecule has 0 spiro atoms. The van der Waals surface area contributed by atoms with Gasteiger partial charge in [-0.15, -0.1) is 11.8 Å². The van der Waals surface area contributed by atoms with Gasteiger partial charge in [0.2, 0.25) is 11.8 Å². The zero-order valence-corrected chi connectivity index (χ0v) is 18.6. The fourth-order valence-corrected chi connectivity index (χ4v) is 3.68. The summed E-state index contributed by atoms with van der Waals surface area (Å²) in [6.07, 6.45) is 3.26. The van der Waals surface area contributed by atoms with Crippen LogP contribution in [0.3, 0.4) is 0 Å². The molecule has 0 radical (unpaired) electrons. The van der Waals surface area contributed by atoms with Gasteiger partial charge in [-0.05, 0) is 43.1 Å². The van der Waals surface area contributed by atoms with E-state index in [0.29, 0.717) is 19.0 Å². The lowest BCUT2D eigenvalue weighted by Crippen LogP contribution is -2.11. The fourth-order valence-electron chi connectivity index (χ4n) is 3.06. The van der Waals surface area contributed by atoms with E-state index in [1.165, 1.54) is 11.8 Å². The molecular formula is C22H26N6O2S. The Bertz CT molecular complexity index is 1030. The molecule has 3 rings (SSSR count). The Morgan fingerprint density at radius 3 is 2.42 bits per heavy atom. The second kappa shape index (κ2) is 10.7. The summed E-state index contributed by atoms with van der Waals surface area (Å²) in [7, 11) is 4.05. The van der Waals surface area contributed by atoms with E-state index < -0.39 is 4.92 Å². The number of benzene rings is 2. The van der Waals surface area contributed by atoms with Gasteiger partial charge < -0.3 is 15.5 Å². The molecule has 2 N–H and O–H groups in total. The number of nitrogens with zero attached hydrogens (tertiary/aromatic N) is 4. The van der Waals surface area contributed by atoms with Crippen LogP contribution in [0.4, 0.5) is 17.5 Å². The maximum atomic E-state index is 11.4. The second-order valence-corrected chi connectivity index (χ2v) is 8.11. The van der Waals surface area contributed by atoms with E-state index in [0.717, 1.165) is 22.6 Å². The molecule has 0 atom stereocenters. The zero-order chi connectivity index (χ0) is 22.2. The lowest BCUT2D eigenvalue weighted by molar-refractivity contribution is -0.384. The van der Waals surface area contributed by atoms with Crippen LogP contribution in [-0.2, 0) is 19.6 Å². The van der Waals surface area contributed by atoms with Crippen molar-refractivity contribution in [1.29, 1.82) is 0 Å². The molecule has 0 amide bonds. The highest BCUT2D eigenvalue weighted by atomic mass is 32.2. The number of aromatic nitrogens is 2. The normalized spacial score (nSPS) is 10.8. The van der Waals surface area contributed by atoms with Crippen molar-refractivity contribution in [2.75, 3.05) is 31.0 Å². The van der Waals surface area contributed by atoms with Crippen molar-refractivity contribution in [1.82, 2.24) is 14.9 Å². The van der Waals surface area contributed by atoms with Gasteiger partial charge in [0.25, 0.3) is 0 Å². The lowest BCUT2D eigenvalue weighted by atomic mass is 10.1. The third-order valence-electron chi connectivity index (χ3n) is 4.58. The molecule has 9 heteroatoms. The van der Waals surface area contributed by atoms with Crippen LogP contribution in [-0.4, -0.2) is 40.1 Å². The molecule has 1 heterocycles. The Morgan fingerprint density at radius 2 is 1.74 bits per heavy atom. The quantitative estimate of drug-likeness (QED) is 0.273. The molecular weight excluding hydrogens is 412 g/mol. The molecule has 31 heavy (non-hydrogen) atoms. The highest BCUT2D eigenvalue weighted by Gasteiger charge is 2.17. The Labute approximate surface area is 186 Å². The summed E-state index contributed by atoms with van der Waals surface area (Å²) in [5.74, 6) is 0.531. The van der Waals surface area contributed by atoms with Crippen molar-refractivity contribution in [3.63, 3.8) is 0 Å². The van der Waals surface area contributed by atoms with Crippen LogP contribution in [0.25, 0.3) is 0 Å². The van der Waals surface area contributed by atoms with Crippen molar-refractivity contribution in [3.05, 3.63) is 81.5 Å². The average Bonchev–Trinajstić information content (AvgIpc) is 2.77. The summed E-state index contributed by atoms with van der Waals surface area (Å²) < 4.78 is 0. The van der Waals surface area contributed by atoms with Gasteiger partial charge in [0.1, 0.15) is 6.20 Å². The Balaban J connectivity index is 1.70. The van der Waals surface area contributed by atoms with Crippen molar-refractivity contribution in [2.24, 2.45) is 0 Å². The highest BCUT2D eigenvalue weighted by molar-refractivity contribution is 7.98. The number of hydrogen-bond acceptors (Lipinski definition) is 8. The number of thioether (sulfide) groups is 1. The Kier molecular flexibility index (Phi) is 7.80. The lowest BCUT2D eigenvalue weighted by Gasteiger charge is -2.12. The van der Waals surface area contributed by atoms with E-state index in [1.807, 2.05) is 50.7 Å². The summed E-state index contributed by atoms with van der Waals surface area (Å²) in [4.78, 5) is 22.7. The first-order chi connectivity index (χ1) is 15.0. The molecule has 0 fully saturated rings. The van der Waals surface area contributed by atoms with Gasteiger partial charge in [-0.2, -0.15) is 4.98 Å². The first-order valence-electron chi connectivity index (χ1n) is 9.80. The summed E-state index contributed by atoms with van der Waals surface area (Å²) >= 11 is 1.66. The van der Waals surface area contributed by atoms with E-state index in [2.05, 4.69) is 43.7 Å². The van der Waals surface area contributed by atoms with E-state index in [9.17, 15) is 10.1 Å². The van der Waals surface area contributed by atoms with Crippen molar-refractivity contribution in [2.45, 2.75) is 24.5 Å². The summed E-state index contributed by atoms with van der Waals surface area (Å²) in [6.45, 7) is 1.82. The summed E-state index contributed by atoms with van der Waals surface area (Å²) in [5.41, 5.74) is 3.18. The van der Waals surface area contributed by atoms with Crippen LogP contribution in [0.5, 0.6) is 0 Å². The Hall–Kier alpha value is -3.17. The predicted octanol–water partition coefficient (Wildman–Crippen LogP) is 4.39. The van der Waals surface area contributed by atoms with Crippen molar-refractivity contribution in [3.8, 4) is 0 Å². The topological polar surface area (TPSA) is 96.2 Å². The molecule has 0 saturated heterocycles. The average molecular weight is 439 g/mol. The first-order valence-corrected chi connectivity index (χ1v) is 11.0. The third kappa shape index (κ3) is 6.40. The summed E-state index contributed by atoms with van der Waals surface area (Å²) in [6, 6.07) is 16.2. The van der Waals surface area contributed by atoms with Gasteiger partial charge in [-0.1, -0.05) is 42.5 Å². The monoisotopic (exact) mass is 438 g/mol. The molecule has 0 aliphatic carbocycles. The van der Waals surface area contributed by atoms with Gasteiger partial charge in [-0.3, -0.25) is 10.1 Å². The van der Waals surface area contributed by atoms with Crippen LogP contribution in [0.15, 0.2) is 59.6 Å². The van der Waals surface area contributed by atoms with Crippen molar-refractivity contribution < 1.29 is 4.92 Å². The van der Waals surface area contributed by atoms with E-state index in [1.54, 1.807) is 11.8 Å². The molecule has 0 bridgehead atoms. The third-order valence-corrected chi connectivity index (χ3v) is 5.42. The minimum Gasteiger partial charge on any atom is -0.360 e. The predicted molar refractivity (Wildman–Crippen MR) is 125 cm³/mol. The molecule has 8 nitrogen and oxygen atoms in total. The van der Waals surface area contributed by atoms with Gasteiger partial charge >= 0.3 is 5.69 Å². The number of rotatable bonds is 10. The molecule has 162 valence electrons. The maximum absolute atomic E-state index is 11.4. The number of hydrogen-bond donors (Lipinski definition) is 2. The summed E-state index contributed by atoms with van der Waals surface area (Å²) in [5, 5.41) is 17.7. The fraction of sp³-hybridized carbons (Fsp3) is 0.273. The second-order valence-electron chi connectivity index (χ2n) is 7.26. The van der Waals surface area contributed by atoms with Gasteiger partial charge in [0.15, 0.2) is 0 Å². The van der Waals surface area contributed by atoms with Crippen LogP contribution in [0.2, 0.25) is 0 Å². The minimum atomic E-state index is -0.477. The van der Waals surface area contributed by atoms with Crippen molar-refractivity contribution >= 4 is 29.2 Å². The smallest absolute Gasteiger partial charge is 0.329 e. The van der Waals surface area contributed by atoms with Crippen LogP contribution in [0.1, 0.15) is 16.7 Å². The highest BCUT2D eigenvalue weighted by Crippen LogP contribution is 2.24. The standard InChI is InChI=1S/C22H26N6O2S/c1-27(2)15-17-10-8-16(9-11-17)12-23-21-19(28(29)30)14-25-22(26-21)24-13-18-6-4-5-7-20(18)31-3/h4-11,14H,12-13,15H2,1-3H3,(H2,23,24,25,26). The van der Waals surface area contributed by atoms with Crippen LogP contribution >= 0.6 is 11.8 Å². The number of nitro groups is 1. The maximum Gasteiger partial charge on any atom is 0.329 e. The van der Waals surface area contributed by atoms with Crippen LogP contribution < -0.4 is 10.6 Å². The molecule has 2 aromatic carbocycles. The molecule has 1 aromatic heterocycles. The first kappa shape index (κ1) is 22.5. The Morgan fingerprint density at radius 1 is 1.03 bits per heavy atom. The van der Waals surface area contributed by atoms with Gasteiger partial charge in [0.05, 0.1) is 4.92 Å². The molecule has 3 aromatic rings.